The fourth-order valence-electron chi connectivity index (χ4n) is 2.45. The van der Waals surface area contributed by atoms with E-state index in [-0.39, 0.29) is 17.9 Å². The lowest BCUT2D eigenvalue weighted by Gasteiger charge is -2.23. The minimum atomic E-state index is 0.102. The van der Waals surface area contributed by atoms with E-state index < -0.39 is 0 Å². The standard InChI is InChI=1S/C14H21NO2S/c1-9-8-13(11(3)18-9)10(2)15-14(16)12-4-6-17-7-5-12/h8,10,12H,4-7H2,1-3H3,(H,15,16). The lowest BCUT2D eigenvalue weighted by molar-refractivity contribution is -0.128. The highest BCUT2D eigenvalue weighted by atomic mass is 32.1. The highest BCUT2D eigenvalue weighted by molar-refractivity contribution is 7.12. The van der Waals surface area contributed by atoms with Crippen molar-refractivity contribution in [1.82, 2.24) is 5.32 Å². The zero-order valence-electron chi connectivity index (χ0n) is 11.3. The van der Waals surface area contributed by atoms with Gasteiger partial charge in [0.2, 0.25) is 5.91 Å². The number of aryl methyl sites for hydroxylation is 2. The van der Waals surface area contributed by atoms with E-state index >= 15 is 0 Å². The van der Waals surface area contributed by atoms with Gasteiger partial charge in [-0.2, -0.15) is 0 Å². The number of carbonyl (C=O) groups is 1. The van der Waals surface area contributed by atoms with E-state index in [1.54, 1.807) is 11.3 Å². The summed E-state index contributed by atoms with van der Waals surface area (Å²) in [6.45, 7) is 7.70. The van der Waals surface area contributed by atoms with Crippen LogP contribution in [0.1, 0.15) is 41.1 Å². The monoisotopic (exact) mass is 267 g/mol. The second kappa shape index (κ2) is 5.85. The molecule has 1 N–H and O–H groups in total. The summed E-state index contributed by atoms with van der Waals surface area (Å²) in [4.78, 5) is 14.7. The quantitative estimate of drug-likeness (QED) is 0.914. The highest BCUT2D eigenvalue weighted by Crippen LogP contribution is 2.26. The van der Waals surface area contributed by atoms with Crippen LogP contribution in [-0.4, -0.2) is 19.1 Å². The van der Waals surface area contributed by atoms with Gasteiger partial charge in [0.05, 0.1) is 6.04 Å². The SMILES string of the molecule is Cc1cc(C(C)NC(=O)C2CCOCC2)c(C)s1. The van der Waals surface area contributed by atoms with E-state index in [1.807, 2.05) is 0 Å². The van der Waals surface area contributed by atoms with Gasteiger partial charge >= 0.3 is 0 Å². The topological polar surface area (TPSA) is 38.3 Å². The molecule has 1 saturated heterocycles. The minimum Gasteiger partial charge on any atom is -0.381 e. The number of hydrogen-bond donors (Lipinski definition) is 1. The maximum atomic E-state index is 12.1. The van der Waals surface area contributed by atoms with Crippen molar-refractivity contribution in [2.75, 3.05) is 13.2 Å². The molecule has 1 aliphatic rings. The van der Waals surface area contributed by atoms with Crippen LogP contribution in [0.4, 0.5) is 0 Å². The van der Waals surface area contributed by atoms with Gasteiger partial charge in [-0.1, -0.05) is 0 Å². The first-order valence-corrected chi connectivity index (χ1v) is 7.34. The van der Waals surface area contributed by atoms with Crippen molar-refractivity contribution in [3.8, 4) is 0 Å². The van der Waals surface area contributed by atoms with Crippen LogP contribution in [0.3, 0.4) is 0 Å². The summed E-state index contributed by atoms with van der Waals surface area (Å²) in [6.07, 6.45) is 1.69. The first-order chi connectivity index (χ1) is 8.58. The molecule has 100 valence electrons. The molecule has 0 saturated carbocycles. The molecule has 0 spiro atoms. The summed E-state index contributed by atoms with van der Waals surface area (Å²) < 4.78 is 5.28. The maximum absolute atomic E-state index is 12.1. The molecular formula is C14H21NO2S. The molecule has 0 aromatic carbocycles. The Labute approximate surface area is 113 Å². The van der Waals surface area contributed by atoms with Gasteiger partial charge < -0.3 is 10.1 Å². The first kappa shape index (κ1) is 13.6. The van der Waals surface area contributed by atoms with Crippen molar-refractivity contribution >= 4 is 17.2 Å². The van der Waals surface area contributed by atoms with Gasteiger partial charge in [0.1, 0.15) is 0 Å². The smallest absolute Gasteiger partial charge is 0.223 e. The minimum absolute atomic E-state index is 0.102. The van der Waals surface area contributed by atoms with E-state index in [4.69, 9.17) is 4.74 Å². The molecule has 3 nitrogen and oxygen atoms in total. The number of hydrogen-bond acceptors (Lipinski definition) is 3. The fourth-order valence-corrected chi connectivity index (χ4v) is 3.47. The normalized spacial score (nSPS) is 18.6. The van der Waals surface area contributed by atoms with Crippen molar-refractivity contribution in [3.05, 3.63) is 21.4 Å². The fraction of sp³-hybridized carbons (Fsp3) is 0.643. The Hall–Kier alpha value is -0.870. The highest BCUT2D eigenvalue weighted by Gasteiger charge is 2.23. The zero-order valence-corrected chi connectivity index (χ0v) is 12.1. The van der Waals surface area contributed by atoms with Gasteiger partial charge in [-0.15, -0.1) is 11.3 Å². The Morgan fingerprint density at radius 3 is 2.67 bits per heavy atom. The van der Waals surface area contributed by atoms with Gasteiger partial charge in [0, 0.05) is 28.9 Å². The Balaban J connectivity index is 1.96. The van der Waals surface area contributed by atoms with Crippen LogP contribution >= 0.6 is 11.3 Å². The zero-order chi connectivity index (χ0) is 13.1. The lowest BCUT2D eigenvalue weighted by atomic mass is 9.98. The van der Waals surface area contributed by atoms with E-state index in [0.717, 1.165) is 12.8 Å². The van der Waals surface area contributed by atoms with E-state index in [1.165, 1.54) is 15.3 Å². The summed E-state index contributed by atoms with van der Waals surface area (Å²) in [7, 11) is 0. The molecule has 0 bridgehead atoms. The Morgan fingerprint density at radius 2 is 2.11 bits per heavy atom. The number of thiophene rings is 1. The van der Waals surface area contributed by atoms with Gasteiger partial charge in [-0.25, -0.2) is 0 Å². The van der Waals surface area contributed by atoms with Gasteiger partial charge in [0.15, 0.2) is 0 Å². The summed E-state index contributed by atoms with van der Waals surface area (Å²) in [5.74, 6) is 0.301. The van der Waals surface area contributed by atoms with Crippen LogP contribution in [-0.2, 0) is 9.53 Å². The third-order valence-corrected chi connectivity index (χ3v) is 4.48. The summed E-state index contributed by atoms with van der Waals surface area (Å²) >= 11 is 1.79. The Bertz CT molecular complexity index is 421. The van der Waals surface area contributed by atoms with Crippen molar-refractivity contribution in [1.29, 1.82) is 0 Å². The maximum Gasteiger partial charge on any atom is 0.223 e. The van der Waals surface area contributed by atoms with Crippen LogP contribution < -0.4 is 5.32 Å². The van der Waals surface area contributed by atoms with Gasteiger partial charge in [-0.05, 0) is 45.2 Å². The van der Waals surface area contributed by atoms with Crippen molar-refractivity contribution in [3.63, 3.8) is 0 Å². The largest absolute Gasteiger partial charge is 0.381 e. The molecule has 18 heavy (non-hydrogen) atoms. The third-order valence-electron chi connectivity index (χ3n) is 3.50. The van der Waals surface area contributed by atoms with E-state index in [0.29, 0.717) is 13.2 Å². The molecule has 2 heterocycles. The molecule has 1 unspecified atom stereocenters. The van der Waals surface area contributed by atoms with E-state index in [2.05, 4.69) is 32.2 Å². The van der Waals surface area contributed by atoms with Crippen LogP contribution in [0.5, 0.6) is 0 Å². The lowest BCUT2D eigenvalue weighted by Crippen LogP contribution is -2.35. The second-order valence-electron chi connectivity index (χ2n) is 4.99. The average molecular weight is 267 g/mol. The molecule has 1 aromatic heterocycles. The summed E-state index contributed by atoms with van der Waals surface area (Å²) in [5.41, 5.74) is 1.25. The Kier molecular flexibility index (Phi) is 4.40. The van der Waals surface area contributed by atoms with Gasteiger partial charge in [-0.3, -0.25) is 4.79 Å². The third kappa shape index (κ3) is 3.12. The first-order valence-electron chi connectivity index (χ1n) is 6.53. The number of carbonyl (C=O) groups excluding carboxylic acids is 1. The molecule has 0 aliphatic carbocycles. The predicted molar refractivity (Wildman–Crippen MR) is 73.9 cm³/mol. The molecule has 1 aromatic rings. The number of ether oxygens (including phenoxy) is 1. The number of rotatable bonds is 3. The Morgan fingerprint density at radius 1 is 1.44 bits per heavy atom. The molecule has 1 atom stereocenters. The average Bonchev–Trinajstić information content (AvgIpc) is 2.69. The molecule has 2 rings (SSSR count). The number of nitrogens with one attached hydrogen (secondary N) is 1. The molecule has 1 amide bonds. The van der Waals surface area contributed by atoms with Crippen LogP contribution in [0.15, 0.2) is 6.07 Å². The van der Waals surface area contributed by atoms with Crippen LogP contribution in [0.2, 0.25) is 0 Å². The van der Waals surface area contributed by atoms with Crippen molar-refractivity contribution < 1.29 is 9.53 Å². The molecule has 1 aliphatic heterocycles. The van der Waals surface area contributed by atoms with Crippen molar-refractivity contribution in [2.45, 2.75) is 39.7 Å². The van der Waals surface area contributed by atoms with Crippen LogP contribution in [0, 0.1) is 19.8 Å². The summed E-state index contributed by atoms with van der Waals surface area (Å²) in [5, 5.41) is 3.13. The molecular weight excluding hydrogens is 246 g/mol. The molecule has 4 heteroatoms. The van der Waals surface area contributed by atoms with Gasteiger partial charge in [0.25, 0.3) is 0 Å². The molecule has 1 fully saturated rings. The van der Waals surface area contributed by atoms with Crippen molar-refractivity contribution in [2.24, 2.45) is 5.92 Å². The van der Waals surface area contributed by atoms with Crippen LogP contribution in [0.25, 0.3) is 0 Å². The number of amides is 1. The predicted octanol–water partition coefficient (Wildman–Crippen LogP) is 2.97. The molecule has 0 radical (unpaired) electrons. The van der Waals surface area contributed by atoms with E-state index in [9.17, 15) is 4.79 Å². The summed E-state index contributed by atoms with van der Waals surface area (Å²) in [6, 6.07) is 2.28. The second-order valence-corrected chi connectivity index (χ2v) is 6.45.